The maximum Gasteiger partial charge on any atom is 0.316 e. The van der Waals surface area contributed by atoms with Crippen molar-refractivity contribution in [2.75, 3.05) is 12.4 Å². The standard InChI is InChI=1S/C18H17FN2O3S2/c1-3-11-9-25-16-15(11)17(23)21(13-7-5-6-12(19)8-13)18(20-16)26-10-14(22)24-4-2/h5-9H,3-4,10H2,1-2H3. The van der Waals surface area contributed by atoms with E-state index in [9.17, 15) is 14.0 Å². The number of hydrogen-bond donors (Lipinski definition) is 0. The Kier molecular flexibility index (Phi) is 5.73. The highest BCUT2D eigenvalue weighted by atomic mass is 32.2. The molecular weight excluding hydrogens is 375 g/mol. The maximum absolute atomic E-state index is 13.7. The van der Waals surface area contributed by atoms with Gasteiger partial charge in [-0.3, -0.25) is 14.2 Å². The van der Waals surface area contributed by atoms with Crippen molar-refractivity contribution in [2.24, 2.45) is 0 Å². The normalized spacial score (nSPS) is 11.0. The van der Waals surface area contributed by atoms with Gasteiger partial charge >= 0.3 is 5.97 Å². The van der Waals surface area contributed by atoms with Gasteiger partial charge in [0.1, 0.15) is 10.6 Å². The first-order valence-electron chi connectivity index (χ1n) is 8.12. The molecule has 2 aromatic heterocycles. The lowest BCUT2D eigenvalue weighted by atomic mass is 10.2. The first-order chi connectivity index (χ1) is 12.5. The quantitative estimate of drug-likeness (QED) is 0.363. The number of carbonyl (C=O) groups excluding carboxylic acids is 1. The van der Waals surface area contributed by atoms with E-state index in [1.54, 1.807) is 13.0 Å². The van der Waals surface area contributed by atoms with Crippen molar-refractivity contribution in [3.63, 3.8) is 0 Å². The number of fused-ring (bicyclic) bond motifs is 1. The van der Waals surface area contributed by atoms with E-state index in [0.717, 1.165) is 17.3 Å². The van der Waals surface area contributed by atoms with Gasteiger partial charge in [0.2, 0.25) is 0 Å². The average molecular weight is 392 g/mol. The van der Waals surface area contributed by atoms with E-state index in [-0.39, 0.29) is 17.9 Å². The van der Waals surface area contributed by atoms with E-state index < -0.39 is 11.8 Å². The lowest BCUT2D eigenvalue weighted by molar-refractivity contribution is -0.139. The van der Waals surface area contributed by atoms with Crippen molar-refractivity contribution < 1.29 is 13.9 Å². The number of benzene rings is 1. The lowest BCUT2D eigenvalue weighted by Gasteiger charge is -2.12. The minimum atomic E-state index is -0.447. The Morgan fingerprint density at radius 2 is 2.19 bits per heavy atom. The number of thioether (sulfide) groups is 1. The summed E-state index contributed by atoms with van der Waals surface area (Å²) >= 11 is 2.49. The Morgan fingerprint density at radius 3 is 2.88 bits per heavy atom. The Morgan fingerprint density at radius 1 is 1.38 bits per heavy atom. The Balaban J connectivity index is 2.17. The van der Waals surface area contributed by atoms with Gasteiger partial charge in [0, 0.05) is 0 Å². The molecular formula is C18H17FN2O3S2. The van der Waals surface area contributed by atoms with Gasteiger partial charge in [-0.15, -0.1) is 11.3 Å². The molecule has 0 amide bonds. The molecule has 5 nitrogen and oxygen atoms in total. The minimum Gasteiger partial charge on any atom is -0.465 e. The van der Waals surface area contributed by atoms with Gasteiger partial charge in [0.15, 0.2) is 5.16 Å². The molecule has 0 aliphatic carbocycles. The predicted molar refractivity (Wildman–Crippen MR) is 102 cm³/mol. The Labute approximate surface area is 157 Å². The van der Waals surface area contributed by atoms with Crippen molar-refractivity contribution in [3.05, 3.63) is 51.4 Å². The largest absolute Gasteiger partial charge is 0.465 e. The van der Waals surface area contributed by atoms with Crippen LogP contribution in [0, 0.1) is 5.82 Å². The van der Waals surface area contributed by atoms with Gasteiger partial charge in [-0.25, -0.2) is 9.37 Å². The molecule has 0 fully saturated rings. The molecule has 0 aliphatic heterocycles. The third-order valence-electron chi connectivity index (χ3n) is 3.72. The summed E-state index contributed by atoms with van der Waals surface area (Å²) < 4.78 is 20.0. The summed E-state index contributed by atoms with van der Waals surface area (Å²) in [6.07, 6.45) is 0.704. The van der Waals surface area contributed by atoms with Crippen molar-refractivity contribution >= 4 is 39.3 Å². The van der Waals surface area contributed by atoms with E-state index >= 15 is 0 Å². The summed E-state index contributed by atoms with van der Waals surface area (Å²) in [4.78, 5) is 30.0. The second-order valence-corrected chi connectivity index (χ2v) is 7.20. The molecule has 0 aliphatic rings. The van der Waals surface area contributed by atoms with Crippen LogP contribution in [0.1, 0.15) is 19.4 Å². The first kappa shape index (κ1) is 18.6. The van der Waals surface area contributed by atoms with Crippen LogP contribution < -0.4 is 5.56 Å². The zero-order valence-corrected chi connectivity index (χ0v) is 16.0. The molecule has 0 spiro atoms. The van der Waals surface area contributed by atoms with Gasteiger partial charge in [-0.1, -0.05) is 24.8 Å². The molecule has 3 rings (SSSR count). The van der Waals surface area contributed by atoms with E-state index in [1.165, 1.54) is 34.1 Å². The number of halogens is 1. The summed E-state index contributed by atoms with van der Waals surface area (Å²) in [5.74, 6) is -0.817. The second-order valence-electron chi connectivity index (χ2n) is 5.40. The summed E-state index contributed by atoms with van der Waals surface area (Å²) in [5, 5.41) is 2.79. The highest BCUT2D eigenvalue weighted by Crippen LogP contribution is 2.27. The molecule has 3 aromatic rings. The monoisotopic (exact) mass is 392 g/mol. The third-order valence-corrected chi connectivity index (χ3v) is 5.56. The van der Waals surface area contributed by atoms with Crippen LogP contribution in [0.2, 0.25) is 0 Å². The van der Waals surface area contributed by atoms with Crippen LogP contribution in [0.5, 0.6) is 0 Å². The van der Waals surface area contributed by atoms with Crippen LogP contribution >= 0.6 is 23.1 Å². The number of carbonyl (C=O) groups is 1. The first-order valence-corrected chi connectivity index (χ1v) is 9.99. The fourth-order valence-electron chi connectivity index (χ4n) is 2.55. The van der Waals surface area contributed by atoms with Gasteiger partial charge < -0.3 is 4.74 Å². The average Bonchev–Trinajstić information content (AvgIpc) is 3.03. The van der Waals surface area contributed by atoms with Crippen LogP contribution in [0.4, 0.5) is 4.39 Å². The summed E-state index contributed by atoms with van der Waals surface area (Å²) in [6.45, 7) is 3.98. The van der Waals surface area contributed by atoms with Gasteiger partial charge in [0.25, 0.3) is 5.56 Å². The maximum atomic E-state index is 13.7. The smallest absolute Gasteiger partial charge is 0.316 e. The summed E-state index contributed by atoms with van der Waals surface area (Å²) in [7, 11) is 0. The minimum absolute atomic E-state index is 0.0209. The van der Waals surface area contributed by atoms with Crippen molar-refractivity contribution in [3.8, 4) is 5.69 Å². The third kappa shape index (κ3) is 3.66. The molecule has 26 heavy (non-hydrogen) atoms. The molecule has 2 heterocycles. The summed E-state index contributed by atoms with van der Waals surface area (Å²) in [5.41, 5.74) is 1.03. The fourth-order valence-corrected chi connectivity index (χ4v) is 4.43. The van der Waals surface area contributed by atoms with Gasteiger partial charge in [-0.2, -0.15) is 0 Å². The van der Waals surface area contributed by atoms with Crippen LogP contribution in [0.3, 0.4) is 0 Å². The number of esters is 1. The zero-order valence-electron chi connectivity index (χ0n) is 14.3. The molecule has 8 heteroatoms. The number of aromatic nitrogens is 2. The van der Waals surface area contributed by atoms with E-state index in [4.69, 9.17) is 4.74 Å². The number of rotatable bonds is 6. The Hall–Kier alpha value is -2.19. The molecule has 1 aromatic carbocycles. The van der Waals surface area contributed by atoms with Crippen molar-refractivity contribution in [1.29, 1.82) is 0 Å². The van der Waals surface area contributed by atoms with Crippen molar-refractivity contribution in [2.45, 2.75) is 25.4 Å². The highest BCUT2D eigenvalue weighted by Gasteiger charge is 2.18. The molecule has 136 valence electrons. The van der Waals surface area contributed by atoms with Crippen molar-refractivity contribution in [1.82, 2.24) is 9.55 Å². The topological polar surface area (TPSA) is 61.2 Å². The molecule has 0 N–H and O–H groups in total. The predicted octanol–water partition coefficient (Wildman–Crippen LogP) is 3.80. The summed E-state index contributed by atoms with van der Waals surface area (Å²) in [6, 6.07) is 5.77. The fraction of sp³-hybridized carbons (Fsp3) is 0.278. The zero-order chi connectivity index (χ0) is 18.7. The number of nitrogens with zero attached hydrogens (tertiary/aromatic N) is 2. The van der Waals surface area contributed by atoms with Gasteiger partial charge in [0.05, 0.1) is 23.4 Å². The number of hydrogen-bond acceptors (Lipinski definition) is 6. The number of ether oxygens (including phenoxy) is 1. The molecule has 0 atom stereocenters. The van der Waals surface area contributed by atoms with Crippen LogP contribution in [-0.2, 0) is 16.0 Å². The van der Waals surface area contributed by atoms with E-state index in [2.05, 4.69) is 4.98 Å². The SMILES string of the molecule is CCOC(=O)CSc1nc2scc(CC)c2c(=O)n1-c1cccc(F)c1. The second kappa shape index (κ2) is 8.01. The van der Waals surface area contributed by atoms with Crippen LogP contribution in [-0.4, -0.2) is 27.9 Å². The lowest BCUT2D eigenvalue weighted by Crippen LogP contribution is -2.22. The molecule has 0 saturated carbocycles. The van der Waals surface area contributed by atoms with E-state index in [1.807, 2.05) is 12.3 Å². The molecule has 0 bridgehead atoms. The number of aryl methyl sites for hydroxylation is 1. The highest BCUT2D eigenvalue weighted by molar-refractivity contribution is 7.99. The molecule has 0 unspecified atom stereocenters. The molecule has 0 saturated heterocycles. The van der Waals surface area contributed by atoms with E-state index in [0.29, 0.717) is 27.5 Å². The molecule has 0 radical (unpaired) electrons. The Bertz CT molecular complexity index is 1010. The van der Waals surface area contributed by atoms with Crippen LogP contribution in [0.15, 0.2) is 39.6 Å². The number of thiophene rings is 1. The van der Waals surface area contributed by atoms with Crippen LogP contribution in [0.25, 0.3) is 15.9 Å². The van der Waals surface area contributed by atoms with Gasteiger partial charge in [-0.05, 0) is 42.5 Å².